The lowest BCUT2D eigenvalue weighted by Gasteiger charge is -2.24. The molecular weight excluding hydrogens is 462 g/mol. The molecule has 33 heavy (non-hydrogen) atoms. The summed E-state index contributed by atoms with van der Waals surface area (Å²) in [7, 11) is 0. The molecule has 5 atom stereocenters. The quantitative estimate of drug-likeness (QED) is 0.0451. The van der Waals surface area contributed by atoms with E-state index >= 15 is 0 Å². The van der Waals surface area contributed by atoms with Crippen molar-refractivity contribution in [2.45, 2.75) is 56.5 Å². The minimum Gasteiger partial charge on any atom is -0.481 e. The molecule has 188 valence electrons. The van der Waals surface area contributed by atoms with Crippen molar-refractivity contribution in [3.05, 3.63) is 0 Å². The number of carboxylic acids is 2. The van der Waals surface area contributed by atoms with Crippen LogP contribution in [0.1, 0.15) is 26.2 Å². The van der Waals surface area contributed by atoms with E-state index in [9.17, 15) is 34.2 Å². The highest BCUT2D eigenvalue weighted by Crippen LogP contribution is 2.02. The van der Waals surface area contributed by atoms with Gasteiger partial charge in [0.25, 0.3) is 0 Å². The maximum absolute atomic E-state index is 12.5. The molecule has 0 fully saturated rings. The Balaban J connectivity index is 5.21. The first-order chi connectivity index (χ1) is 15.3. The number of hydrogen-bond donors (Lipinski definition) is 10. The molecule has 0 heterocycles. The van der Waals surface area contributed by atoms with Crippen LogP contribution in [-0.4, -0.2) is 93.5 Å². The van der Waals surface area contributed by atoms with Crippen LogP contribution in [0.3, 0.4) is 0 Å². The standard InChI is InChI=1S/C17H31N7O8S/c1-7(25)12(18)15(30)23-9(5-11(26)27)13(28)24-10(6-33)14(29)22-8(16(31)32)3-2-4-21-17(19)20/h7-10,12,25,33H,2-6,18H2,1H3,(H,22,29)(H,23,30)(H,24,28)(H,26,27)(H,31,32)(H4,19,20,21). The number of nitrogens with two attached hydrogens (primary N) is 3. The molecule has 15 nitrogen and oxygen atoms in total. The number of carboxylic acid groups (broad SMARTS) is 2. The van der Waals surface area contributed by atoms with E-state index in [-0.39, 0.29) is 31.1 Å². The molecule has 0 spiro atoms. The minimum absolute atomic E-state index is 0.0139. The maximum Gasteiger partial charge on any atom is 0.326 e. The Kier molecular flexibility index (Phi) is 13.5. The van der Waals surface area contributed by atoms with Gasteiger partial charge >= 0.3 is 11.9 Å². The molecule has 0 aromatic carbocycles. The van der Waals surface area contributed by atoms with Gasteiger partial charge in [0.1, 0.15) is 24.2 Å². The zero-order valence-corrected chi connectivity index (χ0v) is 18.8. The van der Waals surface area contributed by atoms with Gasteiger partial charge < -0.3 is 48.5 Å². The third-order valence-electron chi connectivity index (χ3n) is 4.21. The van der Waals surface area contributed by atoms with Gasteiger partial charge in [-0.05, 0) is 19.8 Å². The summed E-state index contributed by atoms with van der Waals surface area (Å²) in [6, 6.07) is -5.71. The van der Waals surface area contributed by atoms with E-state index in [1.54, 1.807) is 0 Å². The van der Waals surface area contributed by atoms with Crippen LogP contribution in [-0.2, 0) is 24.0 Å². The number of nitrogens with one attached hydrogen (secondary N) is 3. The number of carbonyl (C=O) groups is 5. The molecule has 12 N–H and O–H groups in total. The second-order valence-corrected chi connectivity index (χ2v) is 7.38. The monoisotopic (exact) mass is 493 g/mol. The van der Waals surface area contributed by atoms with E-state index in [1.807, 2.05) is 0 Å². The van der Waals surface area contributed by atoms with Gasteiger partial charge in [-0.3, -0.25) is 24.2 Å². The Morgan fingerprint density at radius 2 is 1.45 bits per heavy atom. The zero-order valence-electron chi connectivity index (χ0n) is 17.9. The molecule has 3 amide bonds. The summed E-state index contributed by atoms with van der Waals surface area (Å²) in [6.07, 6.45) is -1.88. The first-order valence-electron chi connectivity index (χ1n) is 9.75. The number of thiol groups is 1. The molecule has 0 aromatic rings. The molecule has 0 aromatic heterocycles. The van der Waals surface area contributed by atoms with Crippen LogP contribution in [0.4, 0.5) is 0 Å². The predicted octanol–water partition coefficient (Wildman–Crippen LogP) is -4.31. The van der Waals surface area contributed by atoms with Crippen molar-refractivity contribution < 1.29 is 39.3 Å². The summed E-state index contributed by atoms with van der Waals surface area (Å²) >= 11 is 3.95. The second-order valence-electron chi connectivity index (χ2n) is 7.02. The van der Waals surface area contributed by atoms with Gasteiger partial charge in [-0.25, -0.2) is 4.79 Å². The number of aliphatic carboxylic acids is 2. The van der Waals surface area contributed by atoms with Crippen LogP contribution in [0.15, 0.2) is 4.99 Å². The van der Waals surface area contributed by atoms with E-state index < -0.39 is 66.4 Å². The van der Waals surface area contributed by atoms with E-state index in [2.05, 4.69) is 33.6 Å². The Bertz CT molecular complexity index is 745. The number of hydrogen-bond acceptors (Lipinski definition) is 9. The molecule has 0 radical (unpaired) electrons. The maximum atomic E-state index is 12.5. The number of aliphatic hydroxyl groups is 1. The average molecular weight is 494 g/mol. The smallest absolute Gasteiger partial charge is 0.326 e. The molecule has 16 heteroatoms. The molecule has 5 unspecified atom stereocenters. The summed E-state index contributed by atoms with van der Waals surface area (Å²) in [5.74, 6) is -6.11. The molecule has 0 aliphatic rings. The topological polar surface area (TPSA) is 273 Å². The van der Waals surface area contributed by atoms with Crippen molar-refractivity contribution in [1.82, 2.24) is 16.0 Å². The second kappa shape index (κ2) is 14.9. The lowest BCUT2D eigenvalue weighted by Crippen LogP contribution is -2.58. The van der Waals surface area contributed by atoms with Crippen LogP contribution in [0, 0.1) is 0 Å². The van der Waals surface area contributed by atoms with Crippen LogP contribution < -0.4 is 33.2 Å². The Labute approximate surface area is 194 Å². The highest BCUT2D eigenvalue weighted by Gasteiger charge is 2.31. The SMILES string of the molecule is CC(O)C(N)C(=O)NC(CC(=O)O)C(=O)NC(CS)C(=O)NC(CCCN=C(N)N)C(=O)O. The number of rotatable bonds is 15. The summed E-state index contributed by atoms with van der Waals surface area (Å²) < 4.78 is 0. The van der Waals surface area contributed by atoms with Crippen molar-refractivity contribution in [1.29, 1.82) is 0 Å². The number of carbonyl (C=O) groups excluding carboxylic acids is 3. The van der Waals surface area contributed by atoms with Crippen LogP contribution in [0.5, 0.6) is 0 Å². The number of guanidine groups is 1. The number of amides is 3. The summed E-state index contributed by atoms with van der Waals surface area (Å²) in [5, 5.41) is 34.3. The van der Waals surface area contributed by atoms with E-state index in [1.165, 1.54) is 6.92 Å². The molecule has 0 aliphatic heterocycles. The van der Waals surface area contributed by atoms with Crippen molar-refractivity contribution in [3.8, 4) is 0 Å². The fourth-order valence-corrected chi connectivity index (χ4v) is 2.63. The van der Waals surface area contributed by atoms with Crippen molar-refractivity contribution in [2.75, 3.05) is 12.3 Å². The Morgan fingerprint density at radius 1 is 0.939 bits per heavy atom. The summed E-state index contributed by atoms with van der Waals surface area (Å²) in [4.78, 5) is 63.2. The van der Waals surface area contributed by atoms with Gasteiger partial charge in [0, 0.05) is 12.3 Å². The van der Waals surface area contributed by atoms with Gasteiger partial charge in [0.15, 0.2) is 5.96 Å². The van der Waals surface area contributed by atoms with Crippen molar-refractivity contribution in [3.63, 3.8) is 0 Å². The predicted molar refractivity (Wildman–Crippen MR) is 119 cm³/mol. The van der Waals surface area contributed by atoms with Gasteiger partial charge in [0.05, 0.1) is 12.5 Å². The molecule has 0 saturated carbocycles. The van der Waals surface area contributed by atoms with E-state index in [0.29, 0.717) is 0 Å². The fraction of sp³-hybridized carbons (Fsp3) is 0.647. The van der Waals surface area contributed by atoms with Crippen molar-refractivity contribution >= 4 is 48.2 Å². The number of aliphatic hydroxyl groups excluding tert-OH is 1. The highest BCUT2D eigenvalue weighted by molar-refractivity contribution is 7.80. The van der Waals surface area contributed by atoms with E-state index in [0.717, 1.165) is 0 Å². The van der Waals surface area contributed by atoms with Gasteiger partial charge in [0.2, 0.25) is 17.7 Å². The van der Waals surface area contributed by atoms with Crippen LogP contribution in [0.25, 0.3) is 0 Å². The Hall–Kier alpha value is -3.11. The normalized spacial score (nSPS) is 15.2. The third-order valence-corrected chi connectivity index (χ3v) is 4.57. The Morgan fingerprint density at radius 3 is 1.91 bits per heavy atom. The van der Waals surface area contributed by atoms with Crippen molar-refractivity contribution in [2.24, 2.45) is 22.2 Å². The third kappa shape index (κ3) is 11.9. The molecule has 0 bridgehead atoms. The molecule has 0 saturated heterocycles. The minimum atomic E-state index is -1.62. The first-order valence-corrected chi connectivity index (χ1v) is 10.4. The number of nitrogens with zero attached hydrogens (tertiary/aromatic N) is 1. The number of aliphatic imine (C=N–C) groups is 1. The lowest BCUT2D eigenvalue weighted by molar-refractivity contribution is -0.143. The van der Waals surface area contributed by atoms with Crippen LogP contribution in [0.2, 0.25) is 0 Å². The molecule has 0 rings (SSSR count). The lowest BCUT2D eigenvalue weighted by atomic mass is 10.1. The van der Waals surface area contributed by atoms with Gasteiger partial charge in [-0.2, -0.15) is 12.6 Å². The van der Waals surface area contributed by atoms with Gasteiger partial charge in [-0.15, -0.1) is 0 Å². The van der Waals surface area contributed by atoms with Gasteiger partial charge in [-0.1, -0.05) is 0 Å². The summed E-state index contributed by atoms with van der Waals surface area (Å²) in [6.45, 7) is 1.37. The highest BCUT2D eigenvalue weighted by atomic mass is 32.1. The van der Waals surface area contributed by atoms with E-state index in [4.69, 9.17) is 22.3 Å². The largest absolute Gasteiger partial charge is 0.481 e. The molecule has 0 aliphatic carbocycles. The first kappa shape index (κ1) is 29.9. The average Bonchev–Trinajstić information content (AvgIpc) is 2.71. The molecular formula is C17H31N7O8S. The van der Waals surface area contributed by atoms with Crippen LogP contribution >= 0.6 is 12.6 Å². The fourth-order valence-electron chi connectivity index (χ4n) is 2.37. The zero-order chi connectivity index (χ0) is 25.7. The summed E-state index contributed by atoms with van der Waals surface area (Å²) in [5.41, 5.74) is 15.8.